The second-order valence-electron chi connectivity index (χ2n) is 6.51. The average Bonchev–Trinajstić information content (AvgIpc) is 3.24. The molecule has 0 aliphatic carbocycles. The van der Waals surface area contributed by atoms with Gasteiger partial charge >= 0.3 is 0 Å². The van der Waals surface area contributed by atoms with Gasteiger partial charge in [-0.05, 0) is 68.3 Å². The van der Waals surface area contributed by atoms with E-state index in [-0.39, 0.29) is 5.91 Å². The van der Waals surface area contributed by atoms with E-state index in [0.717, 1.165) is 12.2 Å². The molecular formula is C18H24N4OS. The number of carbonyl (C=O) groups excluding carboxylic acids is 1. The summed E-state index contributed by atoms with van der Waals surface area (Å²) in [6.45, 7) is 6.35. The molecule has 6 heteroatoms. The molecule has 1 aromatic carbocycles. The van der Waals surface area contributed by atoms with E-state index in [2.05, 4.69) is 22.1 Å². The molecule has 1 fully saturated rings. The van der Waals surface area contributed by atoms with E-state index < -0.39 is 0 Å². The Bertz CT molecular complexity index is 728. The molecule has 128 valence electrons. The number of H-pyrrole nitrogens is 1. The average molecular weight is 344 g/mol. The quantitative estimate of drug-likeness (QED) is 0.792. The van der Waals surface area contributed by atoms with Gasteiger partial charge in [-0.1, -0.05) is 6.92 Å². The van der Waals surface area contributed by atoms with Crippen molar-refractivity contribution in [3.8, 4) is 5.69 Å². The van der Waals surface area contributed by atoms with E-state index in [4.69, 9.17) is 12.2 Å². The number of hydrogen-bond acceptors (Lipinski definition) is 3. The number of aromatic amines is 1. The van der Waals surface area contributed by atoms with Crippen molar-refractivity contribution < 1.29 is 4.79 Å². The number of nitrogens with one attached hydrogen (secondary N) is 2. The largest absolute Gasteiger partial charge is 0.352 e. The summed E-state index contributed by atoms with van der Waals surface area (Å²) >= 11 is 5.20. The molecule has 0 radical (unpaired) electrons. The predicted octanol–water partition coefficient (Wildman–Crippen LogP) is 3.00. The van der Waals surface area contributed by atoms with Crippen LogP contribution in [0.3, 0.4) is 0 Å². The maximum absolute atomic E-state index is 12.3. The summed E-state index contributed by atoms with van der Waals surface area (Å²) in [5.74, 6) is 0.442. The first-order chi connectivity index (χ1) is 11.6. The van der Waals surface area contributed by atoms with Crippen LogP contribution >= 0.6 is 12.2 Å². The number of imidazole rings is 1. The van der Waals surface area contributed by atoms with Crippen LogP contribution in [0.2, 0.25) is 0 Å². The molecule has 0 saturated carbocycles. The van der Waals surface area contributed by atoms with Crippen LogP contribution in [0.15, 0.2) is 36.7 Å². The molecule has 1 aliphatic rings. The third-order valence-corrected chi connectivity index (χ3v) is 4.75. The van der Waals surface area contributed by atoms with Crippen LogP contribution in [0.1, 0.15) is 30.1 Å². The first kappa shape index (κ1) is 16.9. The molecule has 1 unspecified atom stereocenters. The summed E-state index contributed by atoms with van der Waals surface area (Å²) in [7, 11) is 0. The van der Waals surface area contributed by atoms with Crippen LogP contribution in [0.4, 0.5) is 0 Å². The summed E-state index contributed by atoms with van der Waals surface area (Å²) in [6, 6.07) is 7.49. The fraction of sp³-hybridized carbons (Fsp3) is 0.444. The number of amides is 1. The minimum Gasteiger partial charge on any atom is -0.352 e. The molecule has 2 N–H and O–H groups in total. The second-order valence-corrected chi connectivity index (χ2v) is 6.89. The van der Waals surface area contributed by atoms with Crippen molar-refractivity contribution in [2.45, 2.75) is 19.8 Å². The molecular weight excluding hydrogens is 320 g/mol. The third-order valence-electron chi connectivity index (χ3n) is 4.44. The Kier molecular flexibility index (Phi) is 5.48. The minimum atomic E-state index is -0.0208. The monoisotopic (exact) mass is 344 g/mol. The Morgan fingerprint density at radius 3 is 2.62 bits per heavy atom. The van der Waals surface area contributed by atoms with Crippen molar-refractivity contribution >= 4 is 18.1 Å². The normalized spacial score (nSPS) is 16.2. The summed E-state index contributed by atoms with van der Waals surface area (Å²) in [6.07, 6.45) is 6.27. The van der Waals surface area contributed by atoms with Crippen LogP contribution in [-0.4, -0.2) is 46.5 Å². The van der Waals surface area contributed by atoms with E-state index >= 15 is 0 Å². The fourth-order valence-electron chi connectivity index (χ4n) is 3.14. The van der Waals surface area contributed by atoms with Crippen molar-refractivity contribution in [3.05, 3.63) is 47.0 Å². The van der Waals surface area contributed by atoms with Gasteiger partial charge in [-0.3, -0.25) is 9.36 Å². The van der Waals surface area contributed by atoms with Gasteiger partial charge in [0.25, 0.3) is 5.91 Å². The third kappa shape index (κ3) is 4.13. The second kappa shape index (κ2) is 7.77. The number of aromatic nitrogens is 2. The summed E-state index contributed by atoms with van der Waals surface area (Å²) in [5, 5.41) is 3.04. The van der Waals surface area contributed by atoms with E-state index in [9.17, 15) is 4.79 Å². The Morgan fingerprint density at radius 1 is 1.29 bits per heavy atom. The Labute approximate surface area is 147 Å². The molecule has 5 nitrogen and oxygen atoms in total. The van der Waals surface area contributed by atoms with Gasteiger partial charge in [-0.25, -0.2) is 0 Å². The lowest BCUT2D eigenvalue weighted by molar-refractivity contribution is 0.0945. The number of hydrogen-bond donors (Lipinski definition) is 2. The number of rotatable bonds is 6. The van der Waals surface area contributed by atoms with E-state index in [1.165, 1.54) is 25.9 Å². The maximum atomic E-state index is 12.3. The fourth-order valence-corrected chi connectivity index (χ4v) is 3.37. The van der Waals surface area contributed by atoms with Crippen molar-refractivity contribution in [2.24, 2.45) is 5.92 Å². The van der Waals surface area contributed by atoms with E-state index in [1.54, 1.807) is 6.20 Å². The van der Waals surface area contributed by atoms with Crippen molar-refractivity contribution in [3.63, 3.8) is 0 Å². The number of nitrogens with zero attached hydrogens (tertiary/aromatic N) is 2. The van der Waals surface area contributed by atoms with Crippen LogP contribution in [0.5, 0.6) is 0 Å². The Hall–Kier alpha value is -1.92. The van der Waals surface area contributed by atoms with Gasteiger partial charge in [0.2, 0.25) is 0 Å². The zero-order valence-corrected chi connectivity index (χ0v) is 14.8. The first-order valence-corrected chi connectivity index (χ1v) is 8.91. The first-order valence-electron chi connectivity index (χ1n) is 8.50. The van der Waals surface area contributed by atoms with Gasteiger partial charge in [-0.2, -0.15) is 0 Å². The van der Waals surface area contributed by atoms with Crippen LogP contribution in [-0.2, 0) is 0 Å². The van der Waals surface area contributed by atoms with Crippen LogP contribution in [0.25, 0.3) is 5.69 Å². The van der Waals surface area contributed by atoms with Crippen LogP contribution < -0.4 is 5.32 Å². The molecule has 0 spiro atoms. The highest BCUT2D eigenvalue weighted by Gasteiger charge is 2.15. The van der Waals surface area contributed by atoms with E-state index in [1.807, 2.05) is 35.0 Å². The zero-order valence-electron chi connectivity index (χ0n) is 14.0. The van der Waals surface area contributed by atoms with Crippen molar-refractivity contribution in [1.29, 1.82) is 0 Å². The lowest BCUT2D eigenvalue weighted by Crippen LogP contribution is -2.34. The number of carbonyl (C=O) groups is 1. The molecule has 0 bridgehead atoms. The molecule has 2 aromatic rings. The van der Waals surface area contributed by atoms with Gasteiger partial charge in [0.15, 0.2) is 4.77 Å². The highest BCUT2D eigenvalue weighted by Crippen LogP contribution is 2.12. The predicted molar refractivity (Wildman–Crippen MR) is 98.1 cm³/mol. The topological polar surface area (TPSA) is 53.1 Å². The van der Waals surface area contributed by atoms with Crippen molar-refractivity contribution in [1.82, 2.24) is 19.8 Å². The van der Waals surface area contributed by atoms with Gasteiger partial charge in [0.1, 0.15) is 0 Å². The lowest BCUT2D eigenvalue weighted by atomic mass is 10.1. The molecule has 1 atom stereocenters. The van der Waals surface area contributed by atoms with Crippen molar-refractivity contribution in [2.75, 3.05) is 26.2 Å². The van der Waals surface area contributed by atoms with Gasteiger partial charge in [0.05, 0.1) is 0 Å². The van der Waals surface area contributed by atoms with Gasteiger partial charge in [-0.15, -0.1) is 0 Å². The molecule has 1 aromatic heterocycles. The molecule has 3 rings (SSSR count). The minimum absolute atomic E-state index is 0.0208. The van der Waals surface area contributed by atoms with Crippen LogP contribution in [0, 0.1) is 10.7 Å². The standard InChI is InChI=1S/C18H24N4OS/c1-14(13-21-9-2-3-10-21)12-20-17(23)15-4-6-16(7-5-15)22-11-8-19-18(22)24/h4-8,11,14H,2-3,9-10,12-13H2,1H3,(H,19,24)(H,20,23). The molecule has 1 saturated heterocycles. The Morgan fingerprint density at radius 2 is 2.00 bits per heavy atom. The molecule has 2 heterocycles. The summed E-state index contributed by atoms with van der Waals surface area (Å²) in [5.41, 5.74) is 1.62. The van der Waals surface area contributed by atoms with Gasteiger partial charge in [0, 0.05) is 36.7 Å². The summed E-state index contributed by atoms with van der Waals surface area (Å²) in [4.78, 5) is 17.7. The Balaban J connectivity index is 1.53. The highest BCUT2D eigenvalue weighted by molar-refractivity contribution is 7.71. The highest BCUT2D eigenvalue weighted by atomic mass is 32.1. The summed E-state index contributed by atoms with van der Waals surface area (Å²) < 4.78 is 2.51. The van der Waals surface area contributed by atoms with Gasteiger partial charge < -0.3 is 15.2 Å². The number of benzene rings is 1. The lowest BCUT2D eigenvalue weighted by Gasteiger charge is -2.20. The SMILES string of the molecule is CC(CNC(=O)c1ccc(-n2cc[nH]c2=S)cc1)CN1CCCC1. The molecule has 1 amide bonds. The van der Waals surface area contributed by atoms with E-state index in [0.29, 0.717) is 22.8 Å². The molecule has 24 heavy (non-hydrogen) atoms. The maximum Gasteiger partial charge on any atom is 0.251 e. The molecule has 1 aliphatic heterocycles. The zero-order chi connectivity index (χ0) is 16.9. The smallest absolute Gasteiger partial charge is 0.251 e. The number of likely N-dealkylation sites (tertiary alicyclic amines) is 1.